The van der Waals surface area contributed by atoms with Crippen LogP contribution >= 0.6 is 23.1 Å². The van der Waals surface area contributed by atoms with E-state index in [1.807, 2.05) is 41.8 Å². The molecule has 0 bridgehead atoms. The average Bonchev–Trinajstić information content (AvgIpc) is 3.03. The van der Waals surface area contributed by atoms with Crippen LogP contribution in [0.5, 0.6) is 0 Å². The maximum Gasteiger partial charge on any atom is 0.189 e. The summed E-state index contributed by atoms with van der Waals surface area (Å²) in [7, 11) is 0. The van der Waals surface area contributed by atoms with Crippen LogP contribution in [0, 0.1) is 11.3 Å². The topological polar surface area (TPSA) is 88.5 Å². The van der Waals surface area contributed by atoms with Crippen LogP contribution in [0.25, 0.3) is 10.6 Å². The van der Waals surface area contributed by atoms with Gasteiger partial charge in [0.1, 0.15) is 22.5 Å². The van der Waals surface area contributed by atoms with Crippen molar-refractivity contribution in [2.45, 2.75) is 10.9 Å². The molecule has 1 aromatic carbocycles. The highest BCUT2D eigenvalue weighted by atomic mass is 32.2. The van der Waals surface area contributed by atoms with Gasteiger partial charge in [-0.25, -0.2) is 15.0 Å². The van der Waals surface area contributed by atoms with Gasteiger partial charge in [-0.05, 0) is 0 Å². The van der Waals surface area contributed by atoms with Crippen LogP contribution < -0.4 is 5.73 Å². The van der Waals surface area contributed by atoms with Gasteiger partial charge < -0.3 is 5.73 Å². The molecule has 108 valence electrons. The lowest BCUT2D eigenvalue weighted by atomic mass is 10.2. The molecule has 2 heterocycles. The second-order valence-corrected chi connectivity index (χ2v) is 6.16. The summed E-state index contributed by atoms with van der Waals surface area (Å²) >= 11 is 3.06. The van der Waals surface area contributed by atoms with Crippen molar-refractivity contribution in [3.63, 3.8) is 0 Å². The first-order chi connectivity index (χ1) is 10.8. The Kier molecular flexibility index (Phi) is 4.32. The summed E-state index contributed by atoms with van der Waals surface area (Å²) in [6.45, 7) is 0. The number of aromatic nitrogens is 3. The van der Waals surface area contributed by atoms with Crippen molar-refractivity contribution in [2.24, 2.45) is 0 Å². The molecule has 7 heteroatoms. The highest BCUT2D eigenvalue weighted by molar-refractivity contribution is 7.98. The van der Waals surface area contributed by atoms with Crippen molar-refractivity contribution < 1.29 is 0 Å². The van der Waals surface area contributed by atoms with E-state index in [2.05, 4.69) is 15.0 Å². The fourth-order valence-electron chi connectivity index (χ4n) is 1.76. The van der Waals surface area contributed by atoms with E-state index in [-0.39, 0.29) is 5.82 Å². The number of nitrogen functional groups attached to an aromatic ring is 1. The Hall–Kier alpha value is -2.43. The van der Waals surface area contributed by atoms with Crippen molar-refractivity contribution in [1.82, 2.24) is 15.0 Å². The normalized spacial score (nSPS) is 10.3. The van der Waals surface area contributed by atoms with Crippen molar-refractivity contribution in [1.29, 1.82) is 5.26 Å². The molecule has 22 heavy (non-hydrogen) atoms. The van der Waals surface area contributed by atoms with E-state index in [1.165, 1.54) is 18.0 Å². The number of nitrogens with zero attached hydrogens (tertiary/aromatic N) is 4. The predicted molar refractivity (Wildman–Crippen MR) is 88.3 cm³/mol. The Labute approximate surface area is 135 Å². The number of nitrogens with two attached hydrogens (primary N) is 1. The van der Waals surface area contributed by atoms with Crippen LogP contribution in [0.15, 0.2) is 47.1 Å². The number of rotatable bonds is 4. The lowest BCUT2D eigenvalue weighted by Crippen LogP contribution is -1.98. The van der Waals surface area contributed by atoms with E-state index in [9.17, 15) is 0 Å². The number of hydrogen-bond acceptors (Lipinski definition) is 7. The van der Waals surface area contributed by atoms with Crippen molar-refractivity contribution in [3.8, 4) is 16.6 Å². The predicted octanol–water partition coefficient (Wildman–Crippen LogP) is 3.35. The number of thioether (sulfide) groups is 1. The second kappa shape index (κ2) is 6.56. The van der Waals surface area contributed by atoms with Gasteiger partial charge in [-0.15, -0.1) is 11.3 Å². The Morgan fingerprint density at radius 3 is 2.77 bits per heavy atom. The molecule has 0 aliphatic heterocycles. The average molecular weight is 325 g/mol. The number of anilines is 1. The third-order valence-corrected chi connectivity index (χ3v) is 4.67. The number of nitriles is 1. The van der Waals surface area contributed by atoms with Gasteiger partial charge in [0.25, 0.3) is 0 Å². The summed E-state index contributed by atoms with van der Waals surface area (Å²) in [6.07, 6.45) is 1.45. The summed E-state index contributed by atoms with van der Waals surface area (Å²) in [5.74, 6) is 0.873. The number of hydrogen-bond donors (Lipinski definition) is 1. The zero-order valence-corrected chi connectivity index (χ0v) is 13.1. The molecule has 5 nitrogen and oxygen atoms in total. The minimum atomic E-state index is 0.211. The standard InChI is InChI=1S/C15H11N5S2/c16-6-11-7-18-15(20-13(11)17)22-9-12-8-21-14(19-12)10-4-2-1-3-5-10/h1-5,7-8H,9H2,(H2,17,18,20). The summed E-state index contributed by atoms with van der Waals surface area (Å²) in [5, 5.41) is 12.4. The zero-order chi connectivity index (χ0) is 15.4. The van der Waals surface area contributed by atoms with Gasteiger partial charge in [-0.2, -0.15) is 5.26 Å². The molecule has 0 radical (unpaired) electrons. The third-order valence-electron chi connectivity index (χ3n) is 2.84. The quantitative estimate of drug-likeness (QED) is 0.584. The lowest BCUT2D eigenvalue weighted by molar-refractivity contribution is 0.967. The molecule has 0 spiro atoms. The van der Waals surface area contributed by atoms with E-state index in [1.54, 1.807) is 11.3 Å². The maximum atomic E-state index is 8.80. The van der Waals surface area contributed by atoms with E-state index in [0.29, 0.717) is 16.5 Å². The summed E-state index contributed by atoms with van der Waals surface area (Å²) in [4.78, 5) is 12.8. The van der Waals surface area contributed by atoms with Crippen LogP contribution in [0.1, 0.15) is 11.3 Å². The molecule has 0 aliphatic carbocycles. The molecule has 0 unspecified atom stereocenters. The molecule has 2 aromatic heterocycles. The van der Waals surface area contributed by atoms with Gasteiger partial charge in [-0.3, -0.25) is 0 Å². The highest BCUT2D eigenvalue weighted by Gasteiger charge is 2.08. The highest BCUT2D eigenvalue weighted by Crippen LogP contribution is 2.27. The third kappa shape index (κ3) is 3.24. The molecule has 0 amide bonds. The molecular weight excluding hydrogens is 314 g/mol. The molecule has 0 aliphatic rings. The van der Waals surface area contributed by atoms with E-state index in [0.717, 1.165) is 16.3 Å². The SMILES string of the molecule is N#Cc1cnc(SCc2csc(-c3ccccc3)n2)nc1N. The summed E-state index contributed by atoms with van der Waals surface area (Å²) in [5.41, 5.74) is 8.06. The first kappa shape index (κ1) is 14.5. The van der Waals surface area contributed by atoms with Crippen molar-refractivity contribution in [2.75, 3.05) is 5.73 Å². The smallest absolute Gasteiger partial charge is 0.189 e. The summed E-state index contributed by atoms with van der Waals surface area (Å²) in [6, 6.07) is 12.0. The molecule has 0 saturated carbocycles. The Morgan fingerprint density at radius 2 is 2.05 bits per heavy atom. The Morgan fingerprint density at radius 1 is 1.23 bits per heavy atom. The van der Waals surface area contributed by atoms with Gasteiger partial charge >= 0.3 is 0 Å². The molecule has 0 saturated heterocycles. The van der Waals surface area contributed by atoms with Crippen LogP contribution in [0.2, 0.25) is 0 Å². The van der Waals surface area contributed by atoms with Crippen molar-refractivity contribution >= 4 is 28.9 Å². The van der Waals surface area contributed by atoms with Gasteiger partial charge in [0.15, 0.2) is 5.16 Å². The molecule has 0 fully saturated rings. The van der Waals surface area contributed by atoms with Gasteiger partial charge in [0.2, 0.25) is 0 Å². The summed E-state index contributed by atoms with van der Waals surface area (Å²) < 4.78 is 0. The van der Waals surface area contributed by atoms with Gasteiger partial charge in [0, 0.05) is 16.7 Å². The van der Waals surface area contributed by atoms with Gasteiger partial charge in [0.05, 0.1) is 11.9 Å². The number of benzene rings is 1. The van der Waals surface area contributed by atoms with Gasteiger partial charge in [-0.1, -0.05) is 42.1 Å². The fourth-order valence-corrected chi connectivity index (χ4v) is 3.41. The maximum absolute atomic E-state index is 8.80. The molecule has 3 aromatic rings. The molecular formula is C15H11N5S2. The van der Waals surface area contributed by atoms with E-state index >= 15 is 0 Å². The van der Waals surface area contributed by atoms with E-state index in [4.69, 9.17) is 11.0 Å². The van der Waals surface area contributed by atoms with Crippen LogP contribution in [0.4, 0.5) is 5.82 Å². The second-order valence-electron chi connectivity index (χ2n) is 4.36. The lowest BCUT2D eigenvalue weighted by Gasteiger charge is -2.00. The fraction of sp³-hybridized carbons (Fsp3) is 0.0667. The van der Waals surface area contributed by atoms with Crippen LogP contribution in [-0.4, -0.2) is 15.0 Å². The monoisotopic (exact) mass is 325 g/mol. The number of thiazole rings is 1. The first-order valence-corrected chi connectivity index (χ1v) is 8.28. The Balaban J connectivity index is 1.69. The minimum Gasteiger partial charge on any atom is -0.382 e. The zero-order valence-electron chi connectivity index (χ0n) is 11.4. The van der Waals surface area contributed by atoms with Crippen LogP contribution in [-0.2, 0) is 5.75 Å². The van der Waals surface area contributed by atoms with Crippen molar-refractivity contribution in [3.05, 3.63) is 53.2 Å². The molecule has 3 rings (SSSR count). The first-order valence-electron chi connectivity index (χ1n) is 6.41. The Bertz CT molecular complexity index is 823. The van der Waals surface area contributed by atoms with E-state index < -0.39 is 0 Å². The largest absolute Gasteiger partial charge is 0.382 e. The van der Waals surface area contributed by atoms with Crippen LogP contribution in [0.3, 0.4) is 0 Å². The molecule has 2 N–H and O–H groups in total. The minimum absolute atomic E-state index is 0.211. The molecule has 0 atom stereocenters.